The summed E-state index contributed by atoms with van der Waals surface area (Å²) in [5, 5.41) is 15.5. The number of carbonyl (C=O) groups excluding carboxylic acids is 3. The maximum absolute atomic E-state index is 13.6. The smallest absolute Gasteiger partial charge is 0.258 e. The number of likely N-dealkylation sites (N-methyl/N-ethyl adjacent to an activating group) is 1. The number of aliphatic hydroxyl groups excluding tert-OH is 1. The summed E-state index contributed by atoms with van der Waals surface area (Å²) in [5.41, 5.74) is 7.43. The van der Waals surface area contributed by atoms with Crippen LogP contribution in [0.25, 0.3) is 0 Å². The first kappa shape index (κ1) is 33.8. The third kappa shape index (κ3) is 9.40. The van der Waals surface area contributed by atoms with Crippen molar-refractivity contribution in [1.82, 2.24) is 9.21 Å². The van der Waals surface area contributed by atoms with Crippen LogP contribution < -0.4 is 21.1 Å². The van der Waals surface area contributed by atoms with E-state index in [9.17, 15) is 27.9 Å². The van der Waals surface area contributed by atoms with Gasteiger partial charge in [0, 0.05) is 32.4 Å². The number of para-hydroxylation sites is 3. The van der Waals surface area contributed by atoms with Crippen molar-refractivity contribution in [2.24, 2.45) is 5.92 Å². The van der Waals surface area contributed by atoms with Crippen molar-refractivity contribution in [3.05, 3.63) is 48.0 Å². The zero-order chi connectivity index (χ0) is 31.7. The lowest BCUT2D eigenvalue weighted by atomic mass is 9.99. The molecule has 0 bridgehead atoms. The number of rotatable bonds is 13. The molecular formula is C30H43N5O7S. The molecule has 0 saturated carbocycles. The first-order valence-electron chi connectivity index (χ1n) is 14.4. The van der Waals surface area contributed by atoms with E-state index in [1.165, 1.54) is 11.4 Å². The lowest BCUT2D eigenvalue weighted by molar-refractivity contribution is -0.116. The van der Waals surface area contributed by atoms with Gasteiger partial charge in [0.05, 0.1) is 48.1 Å². The first-order valence-corrected chi connectivity index (χ1v) is 16.2. The van der Waals surface area contributed by atoms with E-state index in [1.807, 2.05) is 6.92 Å². The highest BCUT2D eigenvalue weighted by Crippen LogP contribution is 2.35. The highest BCUT2D eigenvalue weighted by molar-refractivity contribution is 7.88. The van der Waals surface area contributed by atoms with Crippen LogP contribution in [0.4, 0.5) is 17.1 Å². The Hall–Kier alpha value is -3.68. The Morgan fingerprint density at radius 3 is 2.28 bits per heavy atom. The second kappa shape index (κ2) is 15.2. The van der Waals surface area contributed by atoms with Gasteiger partial charge in [-0.2, -0.15) is 0 Å². The fourth-order valence-electron chi connectivity index (χ4n) is 4.73. The first-order chi connectivity index (χ1) is 20.3. The average molecular weight is 618 g/mol. The van der Waals surface area contributed by atoms with Crippen LogP contribution in [0.15, 0.2) is 42.5 Å². The van der Waals surface area contributed by atoms with Crippen molar-refractivity contribution < 1.29 is 32.6 Å². The third-order valence-electron chi connectivity index (χ3n) is 7.51. The molecule has 1 heterocycles. The number of ether oxygens (including phenoxy) is 1. The van der Waals surface area contributed by atoms with E-state index in [1.54, 1.807) is 54.3 Å². The molecule has 0 saturated heterocycles. The number of unbranched alkanes of at least 4 members (excludes halogenated alkanes) is 2. The number of aliphatic hydroxyl groups is 1. The standard InChI is InChI=1S/C30H43N5O7S/c1-20-17-35(21(2)19-36)30(39)22-11-10-14-25(29(22)42-26(20)18-34(3)43(4,40)41)33-28(38)16-7-5-6-15-27(37)32-24-13-9-8-12-23(24)31/h8-14,20-21,26,36H,5-7,15-19,31H2,1-4H3,(H,32,37)(H,33,38)/t20-,21+,26+/m0/s1. The third-order valence-corrected chi connectivity index (χ3v) is 8.79. The molecule has 3 atom stereocenters. The summed E-state index contributed by atoms with van der Waals surface area (Å²) in [6.45, 7) is 3.61. The Bertz CT molecular complexity index is 1400. The lowest BCUT2D eigenvalue weighted by Crippen LogP contribution is -2.50. The predicted molar refractivity (Wildman–Crippen MR) is 166 cm³/mol. The van der Waals surface area contributed by atoms with Crippen LogP contribution in [0, 0.1) is 5.92 Å². The highest BCUT2D eigenvalue weighted by atomic mass is 32.2. The van der Waals surface area contributed by atoms with E-state index < -0.39 is 22.2 Å². The Labute approximate surface area is 253 Å². The number of hydrogen-bond acceptors (Lipinski definition) is 8. The maximum Gasteiger partial charge on any atom is 0.258 e. The minimum absolute atomic E-state index is 0.0295. The minimum atomic E-state index is -3.50. The zero-order valence-corrected chi connectivity index (χ0v) is 26.0. The topological polar surface area (TPSA) is 171 Å². The van der Waals surface area contributed by atoms with Crippen LogP contribution >= 0.6 is 0 Å². The summed E-state index contributed by atoms with van der Waals surface area (Å²) in [7, 11) is -2.05. The van der Waals surface area contributed by atoms with Gasteiger partial charge < -0.3 is 31.1 Å². The van der Waals surface area contributed by atoms with Gasteiger partial charge in [0.25, 0.3) is 5.91 Å². The van der Waals surface area contributed by atoms with E-state index >= 15 is 0 Å². The molecule has 1 aliphatic heterocycles. The summed E-state index contributed by atoms with van der Waals surface area (Å²) in [5.74, 6) is -0.931. The van der Waals surface area contributed by atoms with Gasteiger partial charge in [0.1, 0.15) is 6.10 Å². The number of nitrogen functional groups attached to an aromatic ring is 1. The summed E-state index contributed by atoms with van der Waals surface area (Å²) < 4.78 is 31.8. The van der Waals surface area contributed by atoms with Gasteiger partial charge in [-0.25, -0.2) is 12.7 Å². The van der Waals surface area contributed by atoms with Gasteiger partial charge in [0.2, 0.25) is 21.8 Å². The van der Waals surface area contributed by atoms with Crippen LogP contribution in [-0.2, 0) is 19.6 Å². The number of benzene rings is 2. The number of amides is 3. The van der Waals surface area contributed by atoms with Gasteiger partial charge >= 0.3 is 0 Å². The largest absolute Gasteiger partial charge is 0.486 e. The van der Waals surface area contributed by atoms with Crippen molar-refractivity contribution in [2.75, 3.05) is 49.4 Å². The molecule has 0 spiro atoms. The molecule has 2 aromatic rings. The molecule has 0 aliphatic carbocycles. The van der Waals surface area contributed by atoms with Gasteiger partial charge in [-0.05, 0) is 44.0 Å². The summed E-state index contributed by atoms with van der Waals surface area (Å²) in [6, 6.07) is 11.4. The molecule has 0 fully saturated rings. The van der Waals surface area contributed by atoms with Gasteiger partial charge in [-0.3, -0.25) is 14.4 Å². The zero-order valence-electron chi connectivity index (χ0n) is 25.2. The SMILES string of the molecule is C[C@H](CO)N1C[C@H](C)[C@@H](CN(C)S(C)(=O)=O)Oc2c(NC(=O)CCCCCC(=O)Nc3ccccc3N)cccc2C1=O. The number of sulfonamides is 1. The molecule has 3 rings (SSSR count). The molecule has 5 N–H and O–H groups in total. The molecule has 0 unspecified atom stereocenters. The average Bonchev–Trinajstić information content (AvgIpc) is 2.95. The molecule has 0 aromatic heterocycles. The Balaban J connectivity index is 1.68. The van der Waals surface area contributed by atoms with Gasteiger partial charge in [-0.15, -0.1) is 0 Å². The van der Waals surface area contributed by atoms with E-state index in [2.05, 4.69) is 10.6 Å². The Morgan fingerprint density at radius 1 is 1.07 bits per heavy atom. The van der Waals surface area contributed by atoms with Crippen LogP contribution in [-0.4, -0.2) is 85.6 Å². The second-order valence-electron chi connectivity index (χ2n) is 11.1. The number of carbonyl (C=O) groups is 3. The van der Waals surface area contributed by atoms with Crippen LogP contribution in [0.1, 0.15) is 56.3 Å². The van der Waals surface area contributed by atoms with Crippen molar-refractivity contribution in [3.8, 4) is 5.75 Å². The van der Waals surface area contributed by atoms with E-state index in [-0.39, 0.29) is 61.1 Å². The molecule has 0 radical (unpaired) electrons. The molecule has 43 heavy (non-hydrogen) atoms. The number of nitrogens with one attached hydrogen (secondary N) is 2. The fraction of sp³-hybridized carbons (Fsp3) is 0.500. The maximum atomic E-state index is 13.6. The molecule has 236 valence electrons. The van der Waals surface area contributed by atoms with Crippen molar-refractivity contribution in [2.45, 2.75) is 58.1 Å². The van der Waals surface area contributed by atoms with E-state index in [0.29, 0.717) is 42.7 Å². The Morgan fingerprint density at radius 2 is 1.67 bits per heavy atom. The molecule has 1 aliphatic rings. The predicted octanol–water partition coefficient (Wildman–Crippen LogP) is 2.91. The number of fused-ring (bicyclic) bond motifs is 1. The number of nitrogens with two attached hydrogens (primary N) is 1. The Kier molecular flexibility index (Phi) is 11.9. The van der Waals surface area contributed by atoms with Gasteiger partial charge in [-0.1, -0.05) is 31.5 Å². The number of hydrogen-bond donors (Lipinski definition) is 4. The minimum Gasteiger partial charge on any atom is -0.486 e. The quantitative estimate of drug-likeness (QED) is 0.196. The van der Waals surface area contributed by atoms with Crippen molar-refractivity contribution in [3.63, 3.8) is 0 Å². The molecule has 3 amide bonds. The molecule has 2 aromatic carbocycles. The summed E-state index contributed by atoms with van der Waals surface area (Å²) >= 11 is 0. The van der Waals surface area contributed by atoms with Crippen molar-refractivity contribution in [1.29, 1.82) is 0 Å². The van der Waals surface area contributed by atoms with Gasteiger partial charge in [0.15, 0.2) is 5.75 Å². The molecule has 13 heteroatoms. The van der Waals surface area contributed by atoms with E-state index in [0.717, 1.165) is 6.26 Å². The van der Waals surface area contributed by atoms with E-state index in [4.69, 9.17) is 10.5 Å². The normalized spacial score (nSPS) is 17.8. The summed E-state index contributed by atoms with van der Waals surface area (Å²) in [6.07, 6.45) is 2.74. The summed E-state index contributed by atoms with van der Waals surface area (Å²) in [4.78, 5) is 40.3. The lowest BCUT2D eigenvalue weighted by Gasteiger charge is -2.38. The molecule has 12 nitrogen and oxygen atoms in total. The fourth-order valence-corrected chi connectivity index (χ4v) is 5.15. The second-order valence-corrected chi connectivity index (χ2v) is 13.2. The highest BCUT2D eigenvalue weighted by Gasteiger charge is 2.35. The monoisotopic (exact) mass is 617 g/mol. The number of anilines is 3. The molecular weight excluding hydrogens is 574 g/mol. The van der Waals surface area contributed by atoms with Crippen LogP contribution in [0.3, 0.4) is 0 Å². The van der Waals surface area contributed by atoms with Crippen molar-refractivity contribution >= 4 is 44.8 Å². The number of nitrogens with zero attached hydrogens (tertiary/aromatic N) is 2. The van der Waals surface area contributed by atoms with Crippen LogP contribution in [0.5, 0.6) is 5.75 Å². The van der Waals surface area contributed by atoms with Crippen LogP contribution in [0.2, 0.25) is 0 Å².